The Kier molecular flexibility index (Phi) is 5.47. The van der Waals surface area contributed by atoms with Crippen molar-refractivity contribution in [2.45, 2.75) is 98.8 Å². The first-order valence-electron chi connectivity index (χ1n) is 12.2. The molecule has 0 aromatic rings. The standard InChI is InChI=1S/C26H42O2/c1-17(2)7-6-8-18(3)20-10-11-21-19-9-12-23-26(5,16-14-24(27)28-23)22(19)13-15-25(20,21)4/h12,17-22H,6-11,13-16H2,1-5H3/t18-,19+,20-,21-,22+,25+,26+/m0/s1. The van der Waals surface area contributed by atoms with Crippen LogP contribution in [0.1, 0.15) is 98.8 Å². The first-order chi connectivity index (χ1) is 13.3. The van der Waals surface area contributed by atoms with Crippen molar-refractivity contribution in [2.24, 2.45) is 46.3 Å². The second-order valence-corrected chi connectivity index (χ2v) is 11.6. The molecule has 2 saturated carbocycles. The number of hydrogen-bond acceptors (Lipinski definition) is 2. The lowest BCUT2D eigenvalue weighted by Gasteiger charge is -2.57. The lowest BCUT2D eigenvalue weighted by molar-refractivity contribution is -0.152. The zero-order valence-electron chi connectivity index (χ0n) is 18.9. The van der Waals surface area contributed by atoms with E-state index < -0.39 is 0 Å². The third kappa shape index (κ3) is 3.27. The average molecular weight is 387 g/mol. The number of carbonyl (C=O) groups excluding carboxylic acids is 1. The summed E-state index contributed by atoms with van der Waals surface area (Å²) in [5.74, 6) is 6.01. The Labute approximate surface area is 172 Å². The molecule has 158 valence electrons. The van der Waals surface area contributed by atoms with E-state index >= 15 is 0 Å². The maximum absolute atomic E-state index is 11.8. The van der Waals surface area contributed by atoms with Gasteiger partial charge < -0.3 is 4.74 Å². The maximum Gasteiger partial charge on any atom is 0.310 e. The Morgan fingerprint density at radius 3 is 2.61 bits per heavy atom. The molecule has 0 unspecified atom stereocenters. The van der Waals surface area contributed by atoms with E-state index in [0.717, 1.165) is 48.2 Å². The van der Waals surface area contributed by atoms with Crippen molar-refractivity contribution in [3.8, 4) is 0 Å². The zero-order valence-corrected chi connectivity index (χ0v) is 18.9. The molecule has 1 saturated heterocycles. The van der Waals surface area contributed by atoms with Crippen molar-refractivity contribution >= 4 is 5.97 Å². The average Bonchev–Trinajstić information content (AvgIpc) is 2.99. The van der Waals surface area contributed by atoms with E-state index in [0.29, 0.717) is 17.8 Å². The summed E-state index contributed by atoms with van der Waals surface area (Å²) in [5.41, 5.74) is 0.643. The highest BCUT2D eigenvalue weighted by molar-refractivity contribution is 5.72. The molecule has 4 aliphatic rings. The van der Waals surface area contributed by atoms with Crippen molar-refractivity contribution in [1.82, 2.24) is 0 Å². The van der Waals surface area contributed by atoms with Crippen LogP contribution in [0.2, 0.25) is 0 Å². The van der Waals surface area contributed by atoms with Crippen molar-refractivity contribution in [3.05, 3.63) is 11.8 Å². The molecule has 0 N–H and O–H groups in total. The van der Waals surface area contributed by atoms with Crippen molar-refractivity contribution in [2.75, 3.05) is 0 Å². The number of rotatable bonds is 5. The van der Waals surface area contributed by atoms with Gasteiger partial charge in [-0.2, -0.15) is 0 Å². The molecule has 0 amide bonds. The van der Waals surface area contributed by atoms with Gasteiger partial charge in [-0.15, -0.1) is 0 Å². The summed E-state index contributed by atoms with van der Waals surface area (Å²) >= 11 is 0. The van der Waals surface area contributed by atoms with Crippen molar-refractivity contribution in [3.63, 3.8) is 0 Å². The molecule has 4 rings (SSSR count). The molecule has 0 aromatic heterocycles. The first-order valence-corrected chi connectivity index (χ1v) is 12.2. The summed E-state index contributed by atoms with van der Waals surface area (Å²) in [5, 5.41) is 0. The molecular weight excluding hydrogens is 344 g/mol. The second kappa shape index (κ2) is 7.47. The molecule has 2 nitrogen and oxygen atoms in total. The summed E-state index contributed by atoms with van der Waals surface area (Å²) in [6, 6.07) is 0. The van der Waals surface area contributed by atoms with Gasteiger partial charge in [-0.3, -0.25) is 4.79 Å². The van der Waals surface area contributed by atoms with Crippen LogP contribution in [0.5, 0.6) is 0 Å². The van der Waals surface area contributed by atoms with Crippen LogP contribution in [0.4, 0.5) is 0 Å². The lowest BCUT2D eigenvalue weighted by atomic mass is 9.49. The van der Waals surface area contributed by atoms with E-state index in [1.54, 1.807) is 0 Å². The number of allylic oxidation sites excluding steroid dienone is 2. The highest BCUT2D eigenvalue weighted by Crippen LogP contribution is 2.66. The highest BCUT2D eigenvalue weighted by Gasteiger charge is 2.59. The fraction of sp³-hybridized carbons (Fsp3) is 0.885. The highest BCUT2D eigenvalue weighted by atomic mass is 16.5. The van der Waals surface area contributed by atoms with Gasteiger partial charge in [-0.25, -0.2) is 0 Å². The third-order valence-corrected chi connectivity index (χ3v) is 9.67. The number of carbonyl (C=O) groups is 1. The van der Waals surface area contributed by atoms with Gasteiger partial charge in [0.2, 0.25) is 0 Å². The molecule has 3 fully saturated rings. The van der Waals surface area contributed by atoms with Crippen LogP contribution >= 0.6 is 0 Å². The zero-order chi connectivity index (χ0) is 20.1. The van der Waals surface area contributed by atoms with Gasteiger partial charge in [0.1, 0.15) is 5.76 Å². The quantitative estimate of drug-likeness (QED) is 0.469. The van der Waals surface area contributed by atoms with Gasteiger partial charge in [0, 0.05) is 11.8 Å². The van der Waals surface area contributed by atoms with Gasteiger partial charge >= 0.3 is 5.97 Å². The molecule has 0 radical (unpaired) electrons. The monoisotopic (exact) mass is 386 g/mol. The molecule has 1 heterocycles. The minimum atomic E-state index is -0.0148. The summed E-state index contributed by atoms with van der Waals surface area (Å²) in [7, 11) is 0. The number of hydrogen-bond donors (Lipinski definition) is 0. The van der Waals surface area contributed by atoms with Crippen LogP contribution in [0.3, 0.4) is 0 Å². The molecule has 7 atom stereocenters. The van der Waals surface area contributed by atoms with Crippen LogP contribution in [-0.2, 0) is 9.53 Å². The predicted molar refractivity (Wildman–Crippen MR) is 115 cm³/mol. The van der Waals surface area contributed by atoms with Gasteiger partial charge in [-0.1, -0.05) is 53.9 Å². The SMILES string of the molecule is CC(C)CCC[C@H](C)[C@@H]1CC[C@H]2[C@H]3CC=C4OC(=O)CC[C@]4(C)[C@@H]3CC[C@@]21C. The van der Waals surface area contributed by atoms with Crippen LogP contribution in [0.25, 0.3) is 0 Å². The molecule has 1 aliphatic heterocycles. The Morgan fingerprint density at radius 1 is 1.07 bits per heavy atom. The molecule has 3 aliphatic carbocycles. The largest absolute Gasteiger partial charge is 0.431 e. The summed E-state index contributed by atoms with van der Waals surface area (Å²) in [6.07, 6.45) is 14.8. The molecular formula is C26H42O2. The van der Waals surface area contributed by atoms with Crippen molar-refractivity contribution in [1.29, 1.82) is 0 Å². The normalized spacial score (nSPS) is 43.6. The van der Waals surface area contributed by atoms with Gasteiger partial charge in [0.25, 0.3) is 0 Å². The smallest absolute Gasteiger partial charge is 0.310 e. The predicted octanol–water partition coefficient (Wildman–Crippen LogP) is 7.14. The molecule has 0 aromatic carbocycles. The van der Waals surface area contributed by atoms with E-state index in [9.17, 15) is 4.79 Å². The maximum atomic E-state index is 11.8. The van der Waals surface area contributed by atoms with Crippen LogP contribution in [-0.4, -0.2) is 5.97 Å². The van der Waals surface area contributed by atoms with E-state index in [2.05, 4.69) is 40.7 Å². The van der Waals surface area contributed by atoms with Crippen LogP contribution in [0, 0.1) is 46.3 Å². The summed E-state index contributed by atoms with van der Waals surface area (Å²) in [6.45, 7) is 12.3. The number of esters is 1. The molecule has 28 heavy (non-hydrogen) atoms. The van der Waals surface area contributed by atoms with Gasteiger partial charge in [-0.05, 0) is 85.5 Å². The van der Waals surface area contributed by atoms with Gasteiger partial charge in [0.05, 0.1) is 0 Å². The molecule has 2 heteroatoms. The Bertz CT molecular complexity index is 634. The topological polar surface area (TPSA) is 26.3 Å². The van der Waals surface area contributed by atoms with Crippen LogP contribution in [0.15, 0.2) is 11.8 Å². The number of fused-ring (bicyclic) bond motifs is 5. The molecule has 0 bridgehead atoms. The van der Waals surface area contributed by atoms with Crippen molar-refractivity contribution < 1.29 is 9.53 Å². The summed E-state index contributed by atoms with van der Waals surface area (Å²) in [4.78, 5) is 11.8. The van der Waals surface area contributed by atoms with Crippen LogP contribution < -0.4 is 0 Å². The van der Waals surface area contributed by atoms with E-state index in [4.69, 9.17) is 4.74 Å². The second-order valence-electron chi connectivity index (χ2n) is 11.6. The Balaban J connectivity index is 1.50. The Hall–Kier alpha value is -0.790. The Morgan fingerprint density at radius 2 is 1.86 bits per heavy atom. The minimum Gasteiger partial charge on any atom is -0.431 e. The lowest BCUT2D eigenvalue weighted by Crippen LogP contribution is -2.51. The molecule has 0 spiro atoms. The fourth-order valence-electron chi connectivity index (χ4n) is 8.09. The van der Waals surface area contributed by atoms with E-state index in [1.807, 2.05) is 0 Å². The first kappa shape index (κ1) is 20.5. The van der Waals surface area contributed by atoms with E-state index in [-0.39, 0.29) is 11.4 Å². The summed E-state index contributed by atoms with van der Waals surface area (Å²) < 4.78 is 5.72. The van der Waals surface area contributed by atoms with Gasteiger partial charge in [0.15, 0.2) is 0 Å². The number of ether oxygens (including phenoxy) is 1. The fourth-order valence-corrected chi connectivity index (χ4v) is 8.09. The van der Waals surface area contributed by atoms with E-state index in [1.165, 1.54) is 44.9 Å². The third-order valence-electron chi connectivity index (χ3n) is 9.67. The minimum absolute atomic E-state index is 0.0148.